The van der Waals surface area contributed by atoms with Crippen LogP contribution in [0.2, 0.25) is 0 Å². The molecule has 2 rings (SSSR count). The predicted octanol–water partition coefficient (Wildman–Crippen LogP) is 3.34. The lowest BCUT2D eigenvalue weighted by Gasteiger charge is -2.35. The van der Waals surface area contributed by atoms with Gasteiger partial charge in [-0.3, -0.25) is 4.98 Å². The summed E-state index contributed by atoms with van der Waals surface area (Å²) in [4.78, 5) is 4.55. The summed E-state index contributed by atoms with van der Waals surface area (Å²) in [6.45, 7) is 2.80. The zero-order chi connectivity index (χ0) is 15.1. The van der Waals surface area contributed by atoms with E-state index < -0.39 is 0 Å². The Labute approximate surface area is 128 Å². The lowest BCUT2D eigenvalue weighted by molar-refractivity contribution is -0.0181. The summed E-state index contributed by atoms with van der Waals surface area (Å²) < 4.78 is 11.6. The smallest absolute Gasteiger partial charge is 0.142 e. The summed E-state index contributed by atoms with van der Waals surface area (Å²) in [6.07, 6.45) is 8.45. The number of likely N-dealkylation sites (N-methyl/N-ethyl adjacent to an activating group) is 1. The van der Waals surface area contributed by atoms with E-state index in [2.05, 4.69) is 17.2 Å². The molecule has 1 saturated carbocycles. The molecule has 4 heteroatoms. The average Bonchev–Trinajstić information content (AvgIpc) is 2.56. The Morgan fingerprint density at radius 2 is 2.10 bits per heavy atom. The van der Waals surface area contributed by atoms with Gasteiger partial charge >= 0.3 is 0 Å². The van der Waals surface area contributed by atoms with Gasteiger partial charge in [0.05, 0.1) is 19.3 Å². The quantitative estimate of drug-likeness (QED) is 0.837. The molecule has 1 aliphatic carbocycles. The lowest BCUT2D eigenvalue weighted by atomic mass is 9.81. The second-order valence-corrected chi connectivity index (χ2v) is 5.68. The third-order valence-electron chi connectivity index (χ3n) is 4.43. The highest BCUT2D eigenvalue weighted by atomic mass is 16.5. The third kappa shape index (κ3) is 3.95. The van der Waals surface area contributed by atoms with Crippen LogP contribution in [0.5, 0.6) is 5.75 Å². The van der Waals surface area contributed by atoms with E-state index in [1.807, 2.05) is 25.4 Å². The molecular formula is C17H28N2O2. The minimum absolute atomic E-state index is 0.0733. The number of aromatic nitrogens is 1. The van der Waals surface area contributed by atoms with Gasteiger partial charge in [-0.1, -0.05) is 19.3 Å². The summed E-state index contributed by atoms with van der Waals surface area (Å²) in [5.41, 5.74) is 0.950. The van der Waals surface area contributed by atoms with Crippen molar-refractivity contribution in [1.82, 2.24) is 10.3 Å². The molecule has 0 amide bonds. The fraction of sp³-hybridized carbons (Fsp3) is 0.706. The highest BCUT2D eigenvalue weighted by Crippen LogP contribution is 2.36. The summed E-state index contributed by atoms with van der Waals surface area (Å²) in [6, 6.07) is 3.95. The van der Waals surface area contributed by atoms with Crippen LogP contribution in [0.15, 0.2) is 18.3 Å². The van der Waals surface area contributed by atoms with E-state index in [1.54, 1.807) is 7.11 Å². The van der Waals surface area contributed by atoms with E-state index in [1.165, 1.54) is 32.1 Å². The molecule has 1 aromatic rings. The Morgan fingerprint density at radius 1 is 1.33 bits per heavy atom. The fourth-order valence-electron chi connectivity index (χ4n) is 3.43. The molecule has 0 aromatic carbocycles. The van der Waals surface area contributed by atoms with E-state index in [0.29, 0.717) is 5.92 Å². The van der Waals surface area contributed by atoms with Crippen molar-refractivity contribution in [2.24, 2.45) is 5.92 Å². The summed E-state index contributed by atoms with van der Waals surface area (Å²) in [5.74, 6) is 1.43. The molecule has 118 valence electrons. The van der Waals surface area contributed by atoms with E-state index in [4.69, 9.17) is 9.47 Å². The van der Waals surface area contributed by atoms with E-state index >= 15 is 0 Å². The number of nitrogens with one attached hydrogen (secondary N) is 1. The van der Waals surface area contributed by atoms with Gasteiger partial charge in [0, 0.05) is 12.8 Å². The first-order valence-electron chi connectivity index (χ1n) is 8.09. The van der Waals surface area contributed by atoms with Crippen LogP contribution >= 0.6 is 0 Å². The maximum Gasteiger partial charge on any atom is 0.142 e. The van der Waals surface area contributed by atoms with Gasteiger partial charge in [-0.15, -0.1) is 0 Å². The Balaban J connectivity index is 2.25. The van der Waals surface area contributed by atoms with Gasteiger partial charge < -0.3 is 14.8 Å². The number of pyridine rings is 1. The van der Waals surface area contributed by atoms with Crippen molar-refractivity contribution in [3.8, 4) is 5.75 Å². The lowest BCUT2D eigenvalue weighted by Crippen LogP contribution is -2.39. The van der Waals surface area contributed by atoms with Crippen molar-refractivity contribution in [1.29, 1.82) is 0 Å². The van der Waals surface area contributed by atoms with Crippen LogP contribution in [0.4, 0.5) is 0 Å². The average molecular weight is 292 g/mol. The molecule has 4 nitrogen and oxygen atoms in total. The van der Waals surface area contributed by atoms with Crippen LogP contribution in [0.25, 0.3) is 0 Å². The normalized spacial score (nSPS) is 19.2. The van der Waals surface area contributed by atoms with Crippen molar-refractivity contribution >= 4 is 0 Å². The first-order valence-corrected chi connectivity index (χ1v) is 8.09. The molecule has 1 N–H and O–H groups in total. The van der Waals surface area contributed by atoms with Gasteiger partial charge in [-0.05, 0) is 44.9 Å². The third-order valence-corrected chi connectivity index (χ3v) is 4.43. The fourth-order valence-corrected chi connectivity index (χ4v) is 3.43. The molecule has 2 unspecified atom stereocenters. The number of hydrogen-bond acceptors (Lipinski definition) is 4. The highest BCUT2D eigenvalue weighted by molar-refractivity contribution is 5.30. The Hall–Kier alpha value is -1.13. The number of rotatable bonds is 7. The molecule has 1 aliphatic rings. The molecular weight excluding hydrogens is 264 g/mol. The molecule has 1 aromatic heterocycles. The number of nitrogens with zero attached hydrogens (tertiary/aromatic N) is 1. The van der Waals surface area contributed by atoms with Crippen molar-refractivity contribution in [3.63, 3.8) is 0 Å². The van der Waals surface area contributed by atoms with Crippen LogP contribution in [-0.2, 0) is 4.74 Å². The van der Waals surface area contributed by atoms with E-state index in [0.717, 1.165) is 18.1 Å². The molecule has 1 fully saturated rings. The van der Waals surface area contributed by atoms with Crippen LogP contribution in [0.1, 0.15) is 50.8 Å². The van der Waals surface area contributed by atoms with Gasteiger partial charge in [0.1, 0.15) is 11.4 Å². The maximum absolute atomic E-state index is 6.13. The van der Waals surface area contributed by atoms with Crippen LogP contribution in [0.3, 0.4) is 0 Å². The summed E-state index contributed by atoms with van der Waals surface area (Å²) in [7, 11) is 3.68. The van der Waals surface area contributed by atoms with E-state index in [9.17, 15) is 0 Å². The first-order chi connectivity index (χ1) is 10.3. The molecule has 0 radical (unpaired) electrons. The highest BCUT2D eigenvalue weighted by Gasteiger charge is 2.33. The Bertz CT molecular complexity index is 419. The molecule has 2 atom stereocenters. The Kier molecular flexibility index (Phi) is 6.46. The summed E-state index contributed by atoms with van der Waals surface area (Å²) >= 11 is 0. The monoisotopic (exact) mass is 292 g/mol. The van der Waals surface area contributed by atoms with E-state index in [-0.39, 0.29) is 12.1 Å². The molecule has 1 heterocycles. The molecule has 0 spiro atoms. The topological polar surface area (TPSA) is 43.4 Å². The van der Waals surface area contributed by atoms with Crippen molar-refractivity contribution in [3.05, 3.63) is 24.0 Å². The van der Waals surface area contributed by atoms with Gasteiger partial charge in [0.2, 0.25) is 0 Å². The van der Waals surface area contributed by atoms with Crippen molar-refractivity contribution < 1.29 is 9.47 Å². The van der Waals surface area contributed by atoms with Crippen molar-refractivity contribution in [2.75, 3.05) is 20.8 Å². The largest absolute Gasteiger partial charge is 0.495 e. The molecule has 0 aliphatic heterocycles. The summed E-state index contributed by atoms with van der Waals surface area (Å²) in [5, 5.41) is 3.41. The second-order valence-electron chi connectivity index (χ2n) is 5.68. The molecule has 0 bridgehead atoms. The Morgan fingerprint density at radius 3 is 2.71 bits per heavy atom. The van der Waals surface area contributed by atoms with Gasteiger partial charge in [0.15, 0.2) is 0 Å². The SMILES string of the molecule is CCOC(C1CCCCC1)C(NC)c1ncccc1OC. The zero-order valence-electron chi connectivity index (χ0n) is 13.5. The second kappa shape index (κ2) is 8.35. The zero-order valence-corrected chi connectivity index (χ0v) is 13.5. The first kappa shape index (κ1) is 16.2. The van der Waals surface area contributed by atoms with Crippen LogP contribution in [0, 0.1) is 5.92 Å². The number of ether oxygens (including phenoxy) is 2. The number of hydrogen-bond donors (Lipinski definition) is 1. The van der Waals surface area contributed by atoms with Crippen molar-refractivity contribution in [2.45, 2.75) is 51.2 Å². The van der Waals surface area contributed by atoms with Gasteiger partial charge in [0.25, 0.3) is 0 Å². The molecule has 0 saturated heterocycles. The minimum Gasteiger partial charge on any atom is -0.495 e. The van der Waals surface area contributed by atoms with Gasteiger partial charge in [-0.2, -0.15) is 0 Å². The van der Waals surface area contributed by atoms with Crippen LogP contribution < -0.4 is 10.1 Å². The molecule has 21 heavy (non-hydrogen) atoms. The maximum atomic E-state index is 6.13. The standard InChI is InChI=1S/C17H28N2O2/c1-4-21-17(13-9-6-5-7-10-13)16(18-2)15-14(20-3)11-8-12-19-15/h8,11-13,16-18H,4-7,9-10H2,1-3H3. The number of methoxy groups -OCH3 is 1. The van der Waals surface area contributed by atoms with Gasteiger partial charge in [-0.25, -0.2) is 0 Å². The van der Waals surface area contributed by atoms with Crippen LogP contribution in [-0.4, -0.2) is 31.9 Å². The predicted molar refractivity (Wildman–Crippen MR) is 84.6 cm³/mol. The minimum atomic E-state index is 0.0733.